The smallest absolute Gasteiger partial charge is 0.384 e. The Bertz CT molecular complexity index is 322. The third kappa shape index (κ3) is 2.51. The van der Waals surface area contributed by atoms with Crippen LogP contribution in [0, 0.1) is 0 Å². The zero-order chi connectivity index (χ0) is 10.8. The minimum Gasteiger partial charge on any atom is -0.384 e. The summed E-state index contributed by atoms with van der Waals surface area (Å²) in [7, 11) is 0. The van der Waals surface area contributed by atoms with Gasteiger partial charge in [0.2, 0.25) is 0 Å². The van der Waals surface area contributed by atoms with Crippen molar-refractivity contribution in [3.63, 3.8) is 0 Å². The molecule has 0 atom stereocenters. The first-order valence-corrected chi connectivity index (χ1v) is 4.02. The van der Waals surface area contributed by atoms with E-state index < -0.39 is 11.7 Å². The normalized spacial score (nSPS) is 11.4. The molecular formula is C8H10F3N3. The van der Waals surface area contributed by atoms with Gasteiger partial charge in [0.25, 0.3) is 0 Å². The molecule has 0 unspecified atom stereocenters. The Morgan fingerprint density at radius 3 is 2.57 bits per heavy atom. The van der Waals surface area contributed by atoms with Gasteiger partial charge in [0.15, 0.2) is 0 Å². The largest absolute Gasteiger partial charge is 0.416 e. The van der Waals surface area contributed by atoms with Crippen LogP contribution in [0.5, 0.6) is 0 Å². The molecule has 3 N–H and O–H groups in total. The molecular weight excluding hydrogens is 195 g/mol. The van der Waals surface area contributed by atoms with Crippen LogP contribution >= 0.6 is 0 Å². The van der Waals surface area contributed by atoms with Crippen LogP contribution in [0.25, 0.3) is 0 Å². The molecule has 14 heavy (non-hydrogen) atoms. The van der Waals surface area contributed by atoms with E-state index in [-0.39, 0.29) is 11.6 Å². The molecule has 0 radical (unpaired) electrons. The Morgan fingerprint density at radius 2 is 2.07 bits per heavy atom. The number of aromatic nitrogens is 1. The lowest BCUT2D eigenvalue weighted by atomic mass is 10.2. The summed E-state index contributed by atoms with van der Waals surface area (Å²) in [5.74, 6) is -0.00407. The summed E-state index contributed by atoms with van der Waals surface area (Å²) in [5.41, 5.74) is 4.44. The molecule has 78 valence electrons. The van der Waals surface area contributed by atoms with Crippen LogP contribution in [0.15, 0.2) is 12.1 Å². The van der Waals surface area contributed by atoms with Crippen LogP contribution < -0.4 is 11.1 Å². The van der Waals surface area contributed by atoms with E-state index >= 15 is 0 Å². The first-order valence-electron chi connectivity index (χ1n) is 4.02. The molecule has 0 aromatic carbocycles. The summed E-state index contributed by atoms with van der Waals surface area (Å²) in [5, 5.41) is 2.67. The Hall–Kier alpha value is -1.46. The fourth-order valence-electron chi connectivity index (χ4n) is 0.987. The fraction of sp³-hybridized carbons (Fsp3) is 0.375. The maximum atomic E-state index is 12.3. The molecule has 0 aliphatic rings. The molecule has 0 bridgehead atoms. The number of hydrogen-bond acceptors (Lipinski definition) is 3. The molecule has 0 aliphatic carbocycles. The highest BCUT2D eigenvalue weighted by Gasteiger charge is 2.31. The van der Waals surface area contributed by atoms with Crippen LogP contribution in [0.3, 0.4) is 0 Å². The summed E-state index contributed by atoms with van der Waals surface area (Å²) in [4.78, 5) is 3.70. The van der Waals surface area contributed by atoms with Crippen molar-refractivity contribution in [2.75, 3.05) is 17.6 Å². The number of nitrogens with one attached hydrogen (secondary N) is 1. The Morgan fingerprint density at radius 1 is 1.43 bits per heavy atom. The van der Waals surface area contributed by atoms with Crippen molar-refractivity contribution in [1.29, 1.82) is 0 Å². The maximum Gasteiger partial charge on any atom is 0.416 e. The molecule has 0 amide bonds. The van der Waals surface area contributed by atoms with E-state index in [1.165, 1.54) is 0 Å². The number of alkyl halides is 3. The molecule has 1 rings (SSSR count). The number of anilines is 2. The predicted molar refractivity (Wildman–Crippen MR) is 47.8 cm³/mol. The average molecular weight is 205 g/mol. The van der Waals surface area contributed by atoms with Gasteiger partial charge in [0, 0.05) is 6.54 Å². The molecule has 1 heterocycles. The third-order valence-corrected chi connectivity index (χ3v) is 1.53. The Balaban J connectivity index is 3.07. The number of pyridine rings is 1. The van der Waals surface area contributed by atoms with E-state index in [0.29, 0.717) is 6.54 Å². The van der Waals surface area contributed by atoms with E-state index in [1.54, 1.807) is 6.92 Å². The molecule has 3 nitrogen and oxygen atoms in total. The van der Waals surface area contributed by atoms with Crippen LogP contribution in [0.4, 0.5) is 24.8 Å². The molecule has 0 saturated carbocycles. The first-order chi connectivity index (χ1) is 6.43. The number of nitrogen functional groups attached to an aromatic ring is 1. The van der Waals surface area contributed by atoms with Gasteiger partial charge in [0.1, 0.15) is 11.6 Å². The lowest BCUT2D eigenvalue weighted by molar-refractivity contribution is -0.137. The topological polar surface area (TPSA) is 50.9 Å². The van der Waals surface area contributed by atoms with Crippen molar-refractivity contribution in [3.8, 4) is 0 Å². The number of nitrogens with two attached hydrogens (primary N) is 1. The number of rotatable bonds is 2. The van der Waals surface area contributed by atoms with Crippen molar-refractivity contribution in [2.45, 2.75) is 13.1 Å². The van der Waals surface area contributed by atoms with E-state index in [0.717, 1.165) is 12.1 Å². The van der Waals surface area contributed by atoms with Crippen molar-refractivity contribution in [3.05, 3.63) is 17.7 Å². The first kappa shape index (κ1) is 10.6. The van der Waals surface area contributed by atoms with Crippen molar-refractivity contribution in [1.82, 2.24) is 4.98 Å². The van der Waals surface area contributed by atoms with Gasteiger partial charge in [-0.3, -0.25) is 0 Å². The standard InChI is InChI=1S/C8H10F3N3/c1-2-13-7-4-5(8(9,10)11)3-6(12)14-7/h3-4H,2H2,1H3,(H3,12,13,14). The number of hydrogen-bond donors (Lipinski definition) is 2. The predicted octanol–water partition coefficient (Wildman–Crippen LogP) is 2.11. The van der Waals surface area contributed by atoms with Crippen molar-refractivity contribution in [2.24, 2.45) is 0 Å². The summed E-state index contributed by atoms with van der Waals surface area (Å²) in [6, 6.07) is 1.74. The molecule has 0 aliphatic heterocycles. The van der Waals surface area contributed by atoms with Crippen LogP contribution in [-0.2, 0) is 6.18 Å². The van der Waals surface area contributed by atoms with Crippen LogP contribution in [0.2, 0.25) is 0 Å². The summed E-state index contributed by atoms with van der Waals surface area (Å²) in [6.07, 6.45) is -4.39. The van der Waals surface area contributed by atoms with Crippen LogP contribution in [0.1, 0.15) is 12.5 Å². The van der Waals surface area contributed by atoms with Gasteiger partial charge < -0.3 is 11.1 Å². The Kier molecular flexibility index (Phi) is 2.83. The molecule has 1 aromatic heterocycles. The van der Waals surface area contributed by atoms with Gasteiger partial charge in [-0.2, -0.15) is 13.2 Å². The van der Waals surface area contributed by atoms with Gasteiger partial charge >= 0.3 is 6.18 Å². The number of halogens is 3. The van der Waals surface area contributed by atoms with E-state index in [9.17, 15) is 13.2 Å². The lowest BCUT2D eigenvalue weighted by Crippen LogP contribution is -2.09. The maximum absolute atomic E-state index is 12.3. The molecule has 0 saturated heterocycles. The van der Waals surface area contributed by atoms with Crippen molar-refractivity contribution >= 4 is 11.6 Å². The van der Waals surface area contributed by atoms with Gasteiger partial charge in [0.05, 0.1) is 5.56 Å². The van der Waals surface area contributed by atoms with E-state index in [1.807, 2.05) is 0 Å². The second-order valence-corrected chi connectivity index (χ2v) is 2.69. The second kappa shape index (κ2) is 3.73. The van der Waals surface area contributed by atoms with Crippen molar-refractivity contribution < 1.29 is 13.2 Å². The van der Waals surface area contributed by atoms with Gasteiger partial charge in [-0.05, 0) is 19.1 Å². The highest BCUT2D eigenvalue weighted by Crippen LogP contribution is 2.31. The van der Waals surface area contributed by atoms with Gasteiger partial charge in [-0.25, -0.2) is 4.98 Å². The van der Waals surface area contributed by atoms with E-state index in [4.69, 9.17) is 5.73 Å². The molecule has 0 fully saturated rings. The zero-order valence-corrected chi connectivity index (χ0v) is 7.52. The lowest BCUT2D eigenvalue weighted by Gasteiger charge is -2.09. The minimum atomic E-state index is -4.39. The summed E-state index contributed by atoms with van der Waals surface area (Å²) < 4.78 is 36.8. The monoisotopic (exact) mass is 205 g/mol. The minimum absolute atomic E-state index is 0.139. The third-order valence-electron chi connectivity index (χ3n) is 1.53. The summed E-state index contributed by atoms with van der Waals surface area (Å²) in [6.45, 7) is 2.26. The average Bonchev–Trinajstić information content (AvgIpc) is 2.02. The molecule has 0 spiro atoms. The highest BCUT2D eigenvalue weighted by atomic mass is 19.4. The van der Waals surface area contributed by atoms with Gasteiger partial charge in [-0.15, -0.1) is 0 Å². The summed E-state index contributed by atoms with van der Waals surface area (Å²) >= 11 is 0. The van der Waals surface area contributed by atoms with E-state index in [2.05, 4.69) is 10.3 Å². The quantitative estimate of drug-likeness (QED) is 0.777. The van der Waals surface area contributed by atoms with Crippen LogP contribution in [-0.4, -0.2) is 11.5 Å². The fourth-order valence-corrected chi connectivity index (χ4v) is 0.987. The Labute approximate surface area is 79.1 Å². The zero-order valence-electron chi connectivity index (χ0n) is 7.52. The van der Waals surface area contributed by atoms with Gasteiger partial charge in [-0.1, -0.05) is 0 Å². The highest BCUT2D eigenvalue weighted by molar-refractivity contribution is 5.47. The molecule has 6 heteroatoms. The second-order valence-electron chi connectivity index (χ2n) is 2.69. The molecule has 1 aromatic rings. The SMILES string of the molecule is CCNc1cc(C(F)(F)F)cc(N)n1. The number of nitrogens with zero attached hydrogens (tertiary/aromatic N) is 1.